The highest BCUT2D eigenvalue weighted by atomic mass is 15.2. The molecular formula is C18H30N2. The molecule has 112 valence electrons. The number of nitrogens with zero attached hydrogens (tertiary/aromatic N) is 1. The second-order valence-corrected chi connectivity index (χ2v) is 6.21. The molecule has 1 heterocycles. The van der Waals surface area contributed by atoms with Crippen LogP contribution in [0.2, 0.25) is 0 Å². The highest BCUT2D eigenvalue weighted by Crippen LogP contribution is 2.28. The Labute approximate surface area is 124 Å². The van der Waals surface area contributed by atoms with Crippen LogP contribution in [0.4, 0.5) is 0 Å². The number of hydrogen-bond acceptors (Lipinski definition) is 2. The van der Waals surface area contributed by atoms with Gasteiger partial charge in [-0.05, 0) is 52.3 Å². The number of aryl methyl sites for hydroxylation is 1. The zero-order chi connectivity index (χ0) is 14.5. The maximum absolute atomic E-state index is 3.54. The second-order valence-electron chi connectivity index (χ2n) is 6.21. The molecule has 20 heavy (non-hydrogen) atoms. The maximum Gasteiger partial charge on any atom is 0.0473 e. The van der Waals surface area contributed by atoms with E-state index in [-0.39, 0.29) is 0 Å². The fourth-order valence-corrected chi connectivity index (χ4v) is 3.65. The quantitative estimate of drug-likeness (QED) is 0.876. The molecule has 2 heteroatoms. The standard InChI is InChI=1S/C18H30N2/c1-5-17-8-6-7-13-20(17)15(3)18(19-4)16-11-9-14(2)10-12-16/h9-12,15,17-19H,5-8,13H2,1-4H3. The minimum atomic E-state index is 0.419. The van der Waals surface area contributed by atoms with Crippen molar-refractivity contribution in [1.82, 2.24) is 10.2 Å². The summed E-state index contributed by atoms with van der Waals surface area (Å²) < 4.78 is 0. The van der Waals surface area contributed by atoms with Gasteiger partial charge in [0.2, 0.25) is 0 Å². The first-order valence-corrected chi connectivity index (χ1v) is 8.17. The van der Waals surface area contributed by atoms with E-state index in [4.69, 9.17) is 0 Å². The molecule has 0 aromatic heterocycles. The molecule has 0 spiro atoms. The molecule has 1 aliphatic heterocycles. The number of benzene rings is 1. The lowest BCUT2D eigenvalue weighted by molar-refractivity contribution is 0.0801. The average molecular weight is 274 g/mol. The van der Waals surface area contributed by atoms with Crippen molar-refractivity contribution >= 4 is 0 Å². The van der Waals surface area contributed by atoms with Gasteiger partial charge in [0.25, 0.3) is 0 Å². The number of rotatable bonds is 5. The van der Waals surface area contributed by atoms with E-state index in [2.05, 4.69) is 62.3 Å². The second kappa shape index (κ2) is 7.24. The topological polar surface area (TPSA) is 15.3 Å². The van der Waals surface area contributed by atoms with E-state index in [1.54, 1.807) is 0 Å². The predicted molar refractivity (Wildman–Crippen MR) is 87.1 cm³/mol. The molecule has 0 bridgehead atoms. The lowest BCUT2D eigenvalue weighted by atomic mass is 9.92. The summed E-state index contributed by atoms with van der Waals surface area (Å²) >= 11 is 0. The normalized spacial score (nSPS) is 23.5. The number of nitrogens with one attached hydrogen (secondary N) is 1. The molecule has 0 aliphatic carbocycles. The van der Waals surface area contributed by atoms with E-state index in [0.29, 0.717) is 12.1 Å². The largest absolute Gasteiger partial charge is 0.312 e. The van der Waals surface area contributed by atoms with E-state index in [0.717, 1.165) is 6.04 Å². The minimum absolute atomic E-state index is 0.419. The predicted octanol–water partition coefficient (Wildman–Crippen LogP) is 3.91. The van der Waals surface area contributed by atoms with Crippen LogP contribution < -0.4 is 5.32 Å². The fraction of sp³-hybridized carbons (Fsp3) is 0.667. The van der Waals surface area contributed by atoms with Crippen LogP contribution in [0, 0.1) is 6.92 Å². The van der Waals surface area contributed by atoms with Gasteiger partial charge in [-0.3, -0.25) is 4.90 Å². The van der Waals surface area contributed by atoms with Gasteiger partial charge in [-0.25, -0.2) is 0 Å². The number of likely N-dealkylation sites (N-methyl/N-ethyl adjacent to an activating group) is 1. The molecule has 0 saturated carbocycles. The third kappa shape index (κ3) is 3.42. The van der Waals surface area contributed by atoms with Crippen LogP contribution in [-0.2, 0) is 0 Å². The molecular weight excluding hydrogens is 244 g/mol. The van der Waals surface area contributed by atoms with Gasteiger partial charge in [0, 0.05) is 18.1 Å². The van der Waals surface area contributed by atoms with Crippen LogP contribution in [0.5, 0.6) is 0 Å². The number of likely N-dealkylation sites (tertiary alicyclic amines) is 1. The molecule has 0 amide bonds. The van der Waals surface area contributed by atoms with Gasteiger partial charge < -0.3 is 5.32 Å². The summed E-state index contributed by atoms with van der Waals surface area (Å²) in [7, 11) is 2.09. The summed E-state index contributed by atoms with van der Waals surface area (Å²) in [5, 5.41) is 3.54. The number of piperidine rings is 1. The van der Waals surface area contributed by atoms with Gasteiger partial charge in [0.1, 0.15) is 0 Å². The average Bonchev–Trinajstić information content (AvgIpc) is 2.49. The van der Waals surface area contributed by atoms with Crippen LogP contribution in [0.25, 0.3) is 0 Å². The summed E-state index contributed by atoms with van der Waals surface area (Å²) in [4.78, 5) is 2.73. The summed E-state index contributed by atoms with van der Waals surface area (Å²) in [5.41, 5.74) is 2.74. The fourth-order valence-electron chi connectivity index (χ4n) is 3.65. The summed E-state index contributed by atoms with van der Waals surface area (Å²) in [6.45, 7) is 8.12. The van der Waals surface area contributed by atoms with E-state index < -0.39 is 0 Å². The zero-order valence-corrected chi connectivity index (χ0v) is 13.5. The molecule has 1 N–H and O–H groups in total. The first-order valence-electron chi connectivity index (χ1n) is 8.17. The third-order valence-corrected chi connectivity index (χ3v) is 4.90. The van der Waals surface area contributed by atoms with Crippen LogP contribution >= 0.6 is 0 Å². The summed E-state index contributed by atoms with van der Waals surface area (Å²) in [5.74, 6) is 0. The van der Waals surface area contributed by atoms with Gasteiger partial charge in [-0.15, -0.1) is 0 Å². The molecule has 0 radical (unpaired) electrons. The molecule has 3 atom stereocenters. The molecule has 2 nitrogen and oxygen atoms in total. The van der Waals surface area contributed by atoms with E-state index >= 15 is 0 Å². The van der Waals surface area contributed by atoms with Crippen molar-refractivity contribution in [3.8, 4) is 0 Å². The third-order valence-electron chi connectivity index (χ3n) is 4.90. The van der Waals surface area contributed by atoms with Crippen molar-refractivity contribution in [2.75, 3.05) is 13.6 Å². The molecule has 3 unspecified atom stereocenters. The lowest BCUT2D eigenvalue weighted by Gasteiger charge is -2.42. The Balaban J connectivity index is 2.15. The van der Waals surface area contributed by atoms with Gasteiger partial charge in [0.05, 0.1) is 0 Å². The van der Waals surface area contributed by atoms with E-state index in [1.807, 2.05) is 0 Å². The van der Waals surface area contributed by atoms with Crippen molar-refractivity contribution < 1.29 is 0 Å². The van der Waals surface area contributed by atoms with Gasteiger partial charge in [-0.2, -0.15) is 0 Å². The molecule has 1 saturated heterocycles. The monoisotopic (exact) mass is 274 g/mol. The first kappa shape index (κ1) is 15.5. The molecule has 1 aliphatic rings. The Morgan fingerprint density at radius 1 is 1.25 bits per heavy atom. The summed E-state index contributed by atoms with van der Waals surface area (Å²) in [6, 6.07) is 10.7. The van der Waals surface area contributed by atoms with Crippen LogP contribution in [0.3, 0.4) is 0 Å². The minimum Gasteiger partial charge on any atom is -0.312 e. The maximum atomic E-state index is 3.54. The molecule has 1 fully saturated rings. The van der Waals surface area contributed by atoms with Crippen molar-refractivity contribution in [2.45, 2.75) is 64.6 Å². The van der Waals surface area contributed by atoms with Gasteiger partial charge in [-0.1, -0.05) is 43.2 Å². The van der Waals surface area contributed by atoms with Crippen molar-refractivity contribution in [3.63, 3.8) is 0 Å². The van der Waals surface area contributed by atoms with Crippen LogP contribution in [-0.4, -0.2) is 30.6 Å². The molecule has 1 aromatic carbocycles. The van der Waals surface area contributed by atoms with E-state index in [1.165, 1.54) is 43.4 Å². The van der Waals surface area contributed by atoms with Crippen molar-refractivity contribution in [2.24, 2.45) is 0 Å². The Morgan fingerprint density at radius 3 is 2.55 bits per heavy atom. The number of hydrogen-bond donors (Lipinski definition) is 1. The SMILES string of the molecule is CCC1CCCCN1C(C)C(NC)c1ccc(C)cc1. The van der Waals surface area contributed by atoms with E-state index in [9.17, 15) is 0 Å². The Morgan fingerprint density at radius 2 is 1.95 bits per heavy atom. The Bertz CT molecular complexity index is 398. The molecule has 1 aromatic rings. The lowest BCUT2D eigenvalue weighted by Crippen LogP contribution is -2.49. The first-order chi connectivity index (χ1) is 9.67. The van der Waals surface area contributed by atoms with Crippen LogP contribution in [0.15, 0.2) is 24.3 Å². The molecule has 2 rings (SSSR count). The zero-order valence-electron chi connectivity index (χ0n) is 13.5. The summed E-state index contributed by atoms with van der Waals surface area (Å²) in [6.07, 6.45) is 5.39. The highest BCUT2D eigenvalue weighted by molar-refractivity contribution is 5.25. The Kier molecular flexibility index (Phi) is 5.62. The van der Waals surface area contributed by atoms with Gasteiger partial charge >= 0.3 is 0 Å². The van der Waals surface area contributed by atoms with Gasteiger partial charge in [0.15, 0.2) is 0 Å². The Hall–Kier alpha value is -0.860. The van der Waals surface area contributed by atoms with Crippen molar-refractivity contribution in [1.29, 1.82) is 0 Å². The van der Waals surface area contributed by atoms with Crippen molar-refractivity contribution in [3.05, 3.63) is 35.4 Å². The van der Waals surface area contributed by atoms with Crippen LogP contribution in [0.1, 0.15) is 56.7 Å². The smallest absolute Gasteiger partial charge is 0.0473 e. The highest BCUT2D eigenvalue weighted by Gasteiger charge is 2.30.